The van der Waals surface area contributed by atoms with Crippen molar-refractivity contribution in [3.8, 4) is 0 Å². The van der Waals surface area contributed by atoms with Crippen LogP contribution < -0.4 is 10.2 Å². The summed E-state index contributed by atoms with van der Waals surface area (Å²) >= 11 is 0. The molecule has 2 aromatic rings. The lowest BCUT2D eigenvalue weighted by Gasteiger charge is -2.34. The molecule has 148 valence electrons. The van der Waals surface area contributed by atoms with Crippen molar-refractivity contribution < 1.29 is 9.18 Å². The van der Waals surface area contributed by atoms with Gasteiger partial charge in [-0.15, -0.1) is 0 Å². The highest BCUT2D eigenvalue weighted by Gasteiger charge is 2.40. The standard InChI is InChI=1S/C21H26FN5O/c1-14(2)18-6-7-23-20(24-18)26-8-10-27(11-9-26)21(28)25-19-13-17(19)15-4-3-5-16(22)12-15/h3-7,12,14,17,19H,8-11,13H2,1-2H3,(H,25,28)/t17-,19+/m0/s1. The van der Waals surface area contributed by atoms with Gasteiger partial charge >= 0.3 is 6.03 Å². The zero-order valence-corrected chi connectivity index (χ0v) is 16.3. The van der Waals surface area contributed by atoms with E-state index in [0.717, 1.165) is 23.6 Å². The van der Waals surface area contributed by atoms with Gasteiger partial charge in [-0.25, -0.2) is 19.2 Å². The van der Waals surface area contributed by atoms with E-state index in [2.05, 4.69) is 34.0 Å². The number of aromatic nitrogens is 2. The molecule has 1 saturated carbocycles. The highest BCUT2D eigenvalue weighted by Crippen LogP contribution is 2.41. The summed E-state index contributed by atoms with van der Waals surface area (Å²) in [4.78, 5) is 25.6. The largest absolute Gasteiger partial charge is 0.337 e. The zero-order valence-electron chi connectivity index (χ0n) is 16.3. The monoisotopic (exact) mass is 383 g/mol. The molecule has 28 heavy (non-hydrogen) atoms. The van der Waals surface area contributed by atoms with Gasteiger partial charge in [0.2, 0.25) is 5.95 Å². The molecule has 0 bridgehead atoms. The van der Waals surface area contributed by atoms with Crippen LogP contribution in [-0.4, -0.2) is 53.1 Å². The Kier molecular flexibility index (Phi) is 5.15. The molecule has 2 fully saturated rings. The number of carbonyl (C=O) groups excluding carboxylic acids is 1. The Hall–Kier alpha value is -2.70. The average Bonchev–Trinajstić information content (AvgIpc) is 3.47. The molecule has 2 atom stereocenters. The quantitative estimate of drug-likeness (QED) is 0.881. The number of hydrogen-bond donors (Lipinski definition) is 1. The van der Waals surface area contributed by atoms with Crippen molar-refractivity contribution in [3.05, 3.63) is 53.6 Å². The molecule has 2 aliphatic rings. The Morgan fingerprint density at radius 2 is 2.00 bits per heavy atom. The first-order chi connectivity index (χ1) is 13.5. The number of halogens is 1. The summed E-state index contributed by atoms with van der Waals surface area (Å²) < 4.78 is 13.4. The van der Waals surface area contributed by atoms with Crippen LogP contribution in [-0.2, 0) is 0 Å². The molecule has 2 amide bonds. The van der Waals surface area contributed by atoms with Crippen molar-refractivity contribution in [2.24, 2.45) is 0 Å². The third-order valence-corrected chi connectivity index (χ3v) is 5.48. The minimum Gasteiger partial charge on any atom is -0.337 e. The van der Waals surface area contributed by atoms with Crippen molar-refractivity contribution in [2.45, 2.75) is 38.1 Å². The summed E-state index contributed by atoms with van der Waals surface area (Å²) in [7, 11) is 0. The minimum atomic E-state index is -0.227. The summed E-state index contributed by atoms with van der Waals surface area (Å²) in [6, 6.07) is 8.64. The maximum atomic E-state index is 13.4. The Labute approximate surface area is 164 Å². The van der Waals surface area contributed by atoms with Crippen LogP contribution in [0.15, 0.2) is 36.5 Å². The number of hydrogen-bond acceptors (Lipinski definition) is 4. The van der Waals surface area contributed by atoms with Crippen molar-refractivity contribution in [2.75, 3.05) is 31.1 Å². The maximum Gasteiger partial charge on any atom is 0.317 e. The fourth-order valence-electron chi connectivity index (χ4n) is 3.66. The molecular formula is C21H26FN5O. The van der Waals surface area contributed by atoms with Crippen LogP contribution in [0.2, 0.25) is 0 Å². The van der Waals surface area contributed by atoms with Gasteiger partial charge in [-0.2, -0.15) is 0 Å². The first kappa shape index (κ1) is 18.7. The molecule has 1 aromatic heterocycles. The summed E-state index contributed by atoms with van der Waals surface area (Å²) in [5.74, 6) is 1.08. The van der Waals surface area contributed by atoms with Gasteiger partial charge in [-0.1, -0.05) is 26.0 Å². The van der Waals surface area contributed by atoms with Crippen molar-refractivity contribution in [1.29, 1.82) is 0 Å². The number of amides is 2. The van der Waals surface area contributed by atoms with E-state index in [1.807, 2.05) is 17.0 Å². The molecule has 7 heteroatoms. The minimum absolute atomic E-state index is 0.0413. The number of rotatable bonds is 4. The van der Waals surface area contributed by atoms with Crippen molar-refractivity contribution in [3.63, 3.8) is 0 Å². The predicted octanol–water partition coefficient (Wildman–Crippen LogP) is 3.13. The number of nitrogens with one attached hydrogen (secondary N) is 1. The van der Waals surface area contributed by atoms with Crippen LogP contribution in [0, 0.1) is 5.82 Å². The van der Waals surface area contributed by atoms with E-state index in [-0.39, 0.29) is 23.8 Å². The number of urea groups is 1. The molecule has 6 nitrogen and oxygen atoms in total. The molecule has 4 rings (SSSR count). The van der Waals surface area contributed by atoms with E-state index in [1.54, 1.807) is 18.3 Å². The molecule has 1 aromatic carbocycles. The summed E-state index contributed by atoms with van der Waals surface area (Å²) in [6.07, 6.45) is 2.67. The van der Waals surface area contributed by atoms with E-state index in [9.17, 15) is 9.18 Å². The van der Waals surface area contributed by atoms with Crippen LogP contribution in [0.1, 0.15) is 43.4 Å². The summed E-state index contributed by atoms with van der Waals surface area (Å²) in [5.41, 5.74) is 1.99. The molecule has 0 unspecified atom stereocenters. The second kappa shape index (κ2) is 7.73. The first-order valence-corrected chi connectivity index (χ1v) is 9.90. The Morgan fingerprint density at radius 3 is 2.71 bits per heavy atom. The van der Waals surface area contributed by atoms with Gasteiger partial charge in [-0.3, -0.25) is 0 Å². The first-order valence-electron chi connectivity index (χ1n) is 9.90. The number of piperazine rings is 1. The smallest absolute Gasteiger partial charge is 0.317 e. The van der Waals surface area contributed by atoms with Crippen LogP contribution in [0.5, 0.6) is 0 Å². The van der Waals surface area contributed by atoms with Gasteiger partial charge in [-0.05, 0) is 36.1 Å². The third-order valence-electron chi connectivity index (χ3n) is 5.48. The molecule has 1 N–H and O–H groups in total. The fraction of sp³-hybridized carbons (Fsp3) is 0.476. The molecule has 1 aliphatic heterocycles. The van der Waals surface area contributed by atoms with E-state index >= 15 is 0 Å². The number of nitrogens with zero attached hydrogens (tertiary/aromatic N) is 4. The molecule has 0 spiro atoms. The van der Waals surface area contributed by atoms with E-state index in [4.69, 9.17) is 0 Å². The van der Waals surface area contributed by atoms with Crippen molar-refractivity contribution in [1.82, 2.24) is 20.2 Å². The van der Waals surface area contributed by atoms with Gasteiger partial charge in [0.1, 0.15) is 5.82 Å². The second-order valence-electron chi connectivity index (χ2n) is 7.86. The Balaban J connectivity index is 1.28. The predicted molar refractivity (Wildman–Crippen MR) is 106 cm³/mol. The fourth-order valence-corrected chi connectivity index (χ4v) is 3.66. The Bertz CT molecular complexity index is 850. The van der Waals surface area contributed by atoms with Crippen LogP contribution >= 0.6 is 0 Å². The van der Waals surface area contributed by atoms with Gasteiger partial charge in [0.05, 0.1) is 0 Å². The van der Waals surface area contributed by atoms with Gasteiger partial charge in [0.25, 0.3) is 0 Å². The van der Waals surface area contributed by atoms with Crippen LogP contribution in [0.25, 0.3) is 0 Å². The number of carbonyl (C=O) groups is 1. The maximum absolute atomic E-state index is 13.4. The lowest BCUT2D eigenvalue weighted by Crippen LogP contribution is -2.52. The highest BCUT2D eigenvalue weighted by molar-refractivity contribution is 5.75. The average molecular weight is 383 g/mol. The van der Waals surface area contributed by atoms with Gasteiger partial charge in [0, 0.05) is 50.0 Å². The van der Waals surface area contributed by atoms with E-state index < -0.39 is 0 Å². The van der Waals surface area contributed by atoms with Crippen LogP contribution in [0.3, 0.4) is 0 Å². The topological polar surface area (TPSA) is 61.4 Å². The molecule has 1 saturated heterocycles. The lowest BCUT2D eigenvalue weighted by atomic mass is 10.1. The normalized spacial score (nSPS) is 21.7. The number of anilines is 1. The van der Waals surface area contributed by atoms with Crippen LogP contribution in [0.4, 0.5) is 15.1 Å². The summed E-state index contributed by atoms with van der Waals surface area (Å²) in [5, 5.41) is 3.09. The third kappa shape index (κ3) is 4.08. The van der Waals surface area contributed by atoms with Gasteiger partial charge in [0.15, 0.2) is 0 Å². The second-order valence-corrected chi connectivity index (χ2v) is 7.86. The van der Waals surface area contributed by atoms with Crippen molar-refractivity contribution >= 4 is 12.0 Å². The SMILES string of the molecule is CC(C)c1ccnc(N2CCN(C(=O)N[C@@H]3C[C@H]3c3cccc(F)c3)CC2)n1. The number of benzene rings is 1. The zero-order chi connectivity index (χ0) is 19.7. The van der Waals surface area contributed by atoms with E-state index in [1.165, 1.54) is 6.07 Å². The molecule has 0 radical (unpaired) electrons. The summed E-state index contributed by atoms with van der Waals surface area (Å²) in [6.45, 7) is 6.93. The van der Waals surface area contributed by atoms with Gasteiger partial charge < -0.3 is 15.1 Å². The molecule has 2 heterocycles. The molecular weight excluding hydrogens is 357 g/mol. The lowest BCUT2D eigenvalue weighted by molar-refractivity contribution is 0.193. The molecule has 1 aliphatic carbocycles. The van der Waals surface area contributed by atoms with E-state index in [0.29, 0.717) is 32.1 Å². The highest BCUT2D eigenvalue weighted by atomic mass is 19.1. The Morgan fingerprint density at radius 1 is 1.21 bits per heavy atom.